The highest BCUT2D eigenvalue weighted by Gasteiger charge is 2.22. The van der Waals surface area contributed by atoms with Gasteiger partial charge in [-0.3, -0.25) is 9.88 Å². The highest BCUT2D eigenvalue weighted by Crippen LogP contribution is 2.19. The van der Waals surface area contributed by atoms with E-state index in [-0.39, 0.29) is 0 Å². The Hall–Kier alpha value is -1.52. The van der Waals surface area contributed by atoms with E-state index < -0.39 is 0 Å². The Morgan fingerprint density at radius 2 is 2.15 bits per heavy atom. The molecule has 1 unspecified atom stereocenters. The second-order valence-corrected chi connectivity index (χ2v) is 5.94. The smallest absolute Gasteiger partial charge is 0.0771 e. The molecule has 1 atom stereocenters. The van der Waals surface area contributed by atoms with Gasteiger partial charge in [-0.1, -0.05) is 36.5 Å². The van der Waals surface area contributed by atoms with Crippen LogP contribution in [0.5, 0.6) is 0 Å². The summed E-state index contributed by atoms with van der Waals surface area (Å²) in [5, 5.41) is 1.19. The van der Waals surface area contributed by atoms with Gasteiger partial charge in [0.05, 0.1) is 16.2 Å². The molecule has 4 heteroatoms. The van der Waals surface area contributed by atoms with Gasteiger partial charge in [-0.15, -0.1) is 0 Å². The van der Waals surface area contributed by atoms with Crippen molar-refractivity contribution in [3.05, 3.63) is 42.1 Å². The number of likely N-dealkylation sites (tertiary alicyclic amines) is 1. The van der Waals surface area contributed by atoms with E-state index in [9.17, 15) is 0 Å². The van der Waals surface area contributed by atoms with E-state index in [1.165, 1.54) is 5.39 Å². The fourth-order valence-electron chi connectivity index (χ4n) is 2.86. The fraction of sp³-hybridized carbons (Fsp3) is 0.375. The summed E-state index contributed by atoms with van der Waals surface area (Å²) in [5.74, 6) is 0.360. The molecule has 20 heavy (non-hydrogen) atoms. The number of pyridine rings is 1. The molecule has 1 aliphatic heterocycles. The number of aromatic nitrogens is 1. The lowest BCUT2D eigenvalue weighted by Gasteiger charge is -2.31. The molecule has 104 valence electrons. The molecule has 1 fully saturated rings. The zero-order valence-corrected chi connectivity index (χ0v) is 12.3. The largest absolute Gasteiger partial charge is 0.393 e. The summed E-state index contributed by atoms with van der Waals surface area (Å²) < 4.78 is 0. The van der Waals surface area contributed by atoms with E-state index in [0.29, 0.717) is 10.9 Å². The van der Waals surface area contributed by atoms with Crippen LogP contribution in [0.25, 0.3) is 10.9 Å². The fourth-order valence-corrected chi connectivity index (χ4v) is 3.05. The molecule has 1 saturated heterocycles. The molecular formula is C16H19N3S. The van der Waals surface area contributed by atoms with E-state index in [2.05, 4.69) is 29.2 Å². The molecule has 2 N–H and O–H groups in total. The van der Waals surface area contributed by atoms with Crippen molar-refractivity contribution in [1.82, 2.24) is 9.88 Å². The summed E-state index contributed by atoms with van der Waals surface area (Å²) in [4.78, 5) is 7.79. The number of hydrogen-bond donors (Lipinski definition) is 1. The maximum absolute atomic E-state index is 5.79. The van der Waals surface area contributed by atoms with Crippen LogP contribution in [0, 0.1) is 5.92 Å². The third-order valence-electron chi connectivity index (χ3n) is 3.95. The van der Waals surface area contributed by atoms with Gasteiger partial charge < -0.3 is 5.73 Å². The van der Waals surface area contributed by atoms with Gasteiger partial charge in [-0.25, -0.2) is 0 Å². The first-order valence-electron chi connectivity index (χ1n) is 7.09. The second kappa shape index (κ2) is 5.85. The topological polar surface area (TPSA) is 42.1 Å². The highest BCUT2D eigenvalue weighted by atomic mass is 32.1. The molecular weight excluding hydrogens is 266 g/mol. The van der Waals surface area contributed by atoms with Gasteiger partial charge in [0.15, 0.2) is 0 Å². The number of nitrogens with two attached hydrogens (primary N) is 1. The molecule has 0 bridgehead atoms. The molecule has 0 saturated carbocycles. The molecule has 0 radical (unpaired) electrons. The van der Waals surface area contributed by atoms with Crippen LogP contribution in [0.3, 0.4) is 0 Å². The summed E-state index contributed by atoms with van der Waals surface area (Å²) >= 11 is 5.13. The van der Waals surface area contributed by atoms with Gasteiger partial charge in [-0.05, 0) is 31.5 Å². The maximum Gasteiger partial charge on any atom is 0.0771 e. The zero-order chi connectivity index (χ0) is 13.9. The Balaban J connectivity index is 1.74. The van der Waals surface area contributed by atoms with Gasteiger partial charge in [0, 0.05) is 24.4 Å². The summed E-state index contributed by atoms with van der Waals surface area (Å²) in [6, 6.07) is 12.5. The van der Waals surface area contributed by atoms with Gasteiger partial charge in [-0.2, -0.15) is 0 Å². The van der Waals surface area contributed by atoms with Crippen molar-refractivity contribution in [2.75, 3.05) is 13.1 Å². The molecule has 2 heterocycles. The number of thiocarbonyl (C=S) groups is 1. The first kappa shape index (κ1) is 13.5. The number of piperidine rings is 1. The van der Waals surface area contributed by atoms with Crippen molar-refractivity contribution in [2.24, 2.45) is 11.7 Å². The third-order valence-corrected chi connectivity index (χ3v) is 4.28. The minimum atomic E-state index is 0.360. The van der Waals surface area contributed by atoms with Crippen molar-refractivity contribution in [2.45, 2.75) is 19.4 Å². The monoisotopic (exact) mass is 285 g/mol. The van der Waals surface area contributed by atoms with E-state index in [1.54, 1.807) is 0 Å². The van der Waals surface area contributed by atoms with Crippen LogP contribution in [-0.2, 0) is 6.54 Å². The predicted octanol–water partition coefficient (Wildman–Crippen LogP) is 2.73. The van der Waals surface area contributed by atoms with E-state index in [1.807, 2.05) is 12.1 Å². The first-order chi connectivity index (χ1) is 9.72. The van der Waals surface area contributed by atoms with Crippen LogP contribution in [0.4, 0.5) is 0 Å². The summed E-state index contributed by atoms with van der Waals surface area (Å²) in [5.41, 5.74) is 7.97. The van der Waals surface area contributed by atoms with Gasteiger partial charge >= 0.3 is 0 Å². The van der Waals surface area contributed by atoms with Crippen molar-refractivity contribution < 1.29 is 0 Å². The van der Waals surface area contributed by atoms with Crippen molar-refractivity contribution in [1.29, 1.82) is 0 Å². The molecule has 0 amide bonds. The molecule has 1 aliphatic rings. The van der Waals surface area contributed by atoms with Crippen LogP contribution in [0.15, 0.2) is 36.4 Å². The molecule has 3 nitrogen and oxygen atoms in total. The van der Waals surface area contributed by atoms with Crippen LogP contribution in [0.1, 0.15) is 18.5 Å². The van der Waals surface area contributed by atoms with Crippen LogP contribution in [0.2, 0.25) is 0 Å². The first-order valence-corrected chi connectivity index (χ1v) is 7.49. The molecule has 0 spiro atoms. The maximum atomic E-state index is 5.79. The van der Waals surface area contributed by atoms with Crippen molar-refractivity contribution in [3.8, 4) is 0 Å². The Bertz CT molecular complexity index is 626. The van der Waals surface area contributed by atoms with Gasteiger partial charge in [0.1, 0.15) is 0 Å². The number of para-hydroxylation sites is 1. The minimum absolute atomic E-state index is 0.360. The summed E-state index contributed by atoms with van der Waals surface area (Å²) in [7, 11) is 0. The van der Waals surface area contributed by atoms with Crippen molar-refractivity contribution in [3.63, 3.8) is 0 Å². The number of rotatable bonds is 3. The third kappa shape index (κ3) is 2.97. The molecule has 1 aromatic heterocycles. The highest BCUT2D eigenvalue weighted by molar-refractivity contribution is 7.80. The lowest BCUT2D eigenvalue weighted by molar-refractivity contribution is 0.195. The Labute approximate surface area is 124 Å². The quantitative estimate of drug-likeness (QED) is 0.881. The average Bonchev–Trinajstić information content (AvgIpc) is 2.47. The Morgan fingerprint density at radius 3 is 3.00 bits per heavy atom. The number of fused-ring (bicyclic) bond motifs is 1. The Morgan fingerprint density at radius 1 is 1.30 bits per heavy atom. The van der Waals surface area contributed by atoms with E-state index in [0.717, 1.165) is 43.7 Å². The number of benzene rings is 1. The lowest BCUT2D eigenvalue weighted by Crippen LogP contribution is -2.40. The molecule has 1 aromatic carbocycles. The van der Waals surface area contributed by atoms with Crippen molar-refractivity contribution >= 4 is 28.1 Å². The zero-order valence-electron chi connectivity index (χ0n) is 11.5. The van der Waals surface area contributed by atoms with Crippen LogP contribution < -0.4 is 5.73 Å². The van der Waals surface area contributed by atoms with E-state index >= 15 is 0 Å². The van der Waals surface area contributed by atoms with Crippen LogP contribution in [-0.4, -0.2) is 28.0 Å². The predicted molar refractivity (Wildman–Crippen MR) is 86.5 cm³/mol. The number of hydrogen-bond acceptors (Lipinski definition) is 3. The molecule has 0 aliphatic carbocycles. The van der Waals surface area contributed by atoms with Crippen LogP contribution >= 0.6 is 12.2 Å². The number of nitrogens with zero attached hydrogens (tertiary/aromatic N) is 2. The standard InChI is InChI=1S/C16H19N3S/c17-16(20)13-5-3-9-19(10-13)11-14-8-7-12-4-1-2-6-15(12)18-14/h1-2,4,6-8,13H,3,5,9-11H2,(H2,17,20). The van der Waals surface area contributed by atoms with Gasteiger partial charge in [0.2, 0.25) is 0 Å². The molecule has 3 rings (SSSR count). The molecule has 2 aromatic rings. The average molecular weight is 285 g/mol. The Kier molecular flexibility index (Phi) is 3.94. The summed E-state index contributed by atoms with van der Waals surface area (Å²) in [6.45, 7) is 2.95. The normalized spacial score (nSPS) is 20.1. The minimum Gasteiger partial charge on any atom is -0.393 e. The lowest BCUT2D eigenvalue weighted by atomic mass is 9.98. The SMILES string of the molecule is NC(=S)C1CCCN(Cc2ccc3ccccc3n2)C1. The second-order valence-electron chi connectivity index (χ2n) is 5.47. The van der Waals surface area contributed by atoms with Gasteiger partial charge in [0.25, 0.3) is 0 Å². The summed E-state index contributed by atoms with van der Waals surface area (Å²) in [6.07, 6.45) is 2.28. The van der Waals surface area contributed by atoms with E-state index in [4.69, 9.17) is 22.9 Å².